The third-order valence-electron chi connectivity index (χ3n) is 3.99. The average molecular weight is 359 g/mol. The van der Waals surface area contributed by atoms with Crippen molar-refractivity contribution in [2.24, 2.45) is 0 Å². The summed E-state index contributed by atoms with van der Waals surface area (Å²) in [7, 11) is 0. The first-order chi connectivity index (χ1) is 13.1. The fourth-order valence-electron chi connectivity index (χ4n) is 2.73. The van der Waals surface area contributed by atoms with E-state index in [-0.39, 0.29) is 24.0 Å². The van der Waals surface area contributed by atoms with Gasteiger partial charge in [0.25, 0.3) is 5.91 Å². The van der Waals surface area contributed by atoms with Crippen LogP contribution < -0.4 is 10.4 Å². The first-order valence-corrected chi connectivity index (χ1v) is 8.25. The number of carbonyl (C=O) groups excluding carboxylic acids is 2. The SMILES string of the molecule is C#CCc1ccc(O)c2cnccc12.O=C1CC(=O)N(c2ccccc2)N1. The van der Waals surface area contributed by atoms with Crippen LogP contribution in [0.1, 0.15) is 12.0 Å². The zero-order chi connectivity index (χ0) is 19.2. The van der Waals surface area contributed by atoms with Gasteiger partial charge in [-0.25, -0.2) is 5.01 Å². The number of carbonyl (C=O) groups is 2. The summed E-state index contributed by atoms with van der Waals surface area (Å²) in [5.74, 6) is 2.37. The number of phenolic OH excluding ortho intramolecular Hbond substituents is 1. The predicted molar refractivity (Wildman–Crippen MR) is 103 cm³/mol. The zero-order valence-corrected chi connectivity index (χ0v) is 14.4. The number of aromatic hydroxyl groups is 1. The molecule has 2 heterocycles. The predicted octanol–water partition coefficient (Wildman–Crippen LogP) is 2.57. The number of hydrazine groups is 1. The largest absolute Gasteiger partial charge is 0.507 e. The van der Waals surface area contributed by atoms with E-state index in [9.17, 15) is 14.7 Å². The zero-order valence-electron chi connectivity index (χ0n) is 14.4. The number of nitrogens with zero attached hydrogens (tertiary/aromatic N) is 2. The summed E-state index contributed by atoms with van der Waals surface area (Å²) in [6.45, 7) is 0. The van der Waals surface area contributed by atoms with Gasteiger partial charge in [-0.05, 0) is 35.2 Å². The van der Waals surface area contributed by atoms with Gasteiger partial charge in [0.1, 0.15) is 12.2 Å². The van der Waals surface area contributed by atoms with E-state index in [0.717, 1.165) is 16.3 Å². The second kappa shape index (κ2) is 8.02. The summed E-state index contributed by atoms with van der Waals surface area (Å²) >= 11 is 0. The number of fused-ring (bicyclic) bond motifs is 1. The number of hydrogen-bond donors (Lipinski definition) is 2. The van der Waals surface area contributed by atoms with Crippen LogP contribution in [0.4, 0.5) is 5.69 Å². The summed E-state index contributed by atoms with van der Waals surface area (Å²) in [4.78, 5) is 26.1. The van der Waals surface area contributed by atoms with Crippen molar-refractivity contribution in [2.75, 3.05) is 5.01 Å². The van der Waals surface area contributed by atoms with Crippen molar-refractivity contribution >= 4 is 28.3 Å². The Balaban J connectivity index is 0.000000156. The number of anilines is 1. The third kappa shape index (κ3) is 4.05. The Hall–Kier alpha value is -3.85. The monoisotopic (exact) mass is 359 g/mol. The van der Waals surface area contributed by atoms with Gasteiger partial charge in [-0.1, -0.05) is 24.3 Å². The van der Waals surface area contributed by atoms with E-state index in [4.69, 9.17) is 6.42 Å². The van der Waals surface area contributed by atoms with E-state index in [0.29, 0.717) is 12.1 Å². The molecule has 3 aromatic rings. The molecule has 2 amide bonds. The topological polar surface area (TPSA) is 82.5 Å². The number of phenols is 1. The van der Waals surface area contributed by atoms with E-state index in [1.807, 2.05) is 30.3 Å². The maximum atomic E-state index is 11.2. The molecule has 0 unspecified atom stereocenters. The quantitative estimate of drug-likeness (QED) is 0.544. The lowest BCUT2D eigenvalue weighted by Crippen LogP contribution is -2.35. The molecule has 0 spiro atoms. The molecule has 0 atom stereocenters. The van der Waals surface area contributed by atoms with E-state index < -0.39 is 0 Å². The number of hydrogen-bond acceptors (Lipinski definition) is 4. The Morgan fingerprint density at radius 3 is 2.56 bits per heavy atom. The van der Waals surface area contributed by atoms with Gasteiger partial charge < -0.3 is 5.11 Å². The van der Waals surface area contributed by atoms with E-state index in [2.05, 4.69) is 16.3 Å². The molecule has 6 heteroatoms. The molecule has 0 radical (unpaired) electrons. The van der Waals surface area contributed by atoms with Gasteiger partial charge in [0.05, 0.1) is 5.69 Å². The van der Waals surface area contributed by atoms with Crippen molar-refractivity contribution in [3.8, 4) is 18.1 Å². The van der Waals surface area contributed by atoms with Crippen molar-refractivity contribution in [3.63, 3.8) is 0 Å². The van der Waals surface area contributed by atoms with Gasteiger partial charge in [-0.2, -0.15) is 0 Å². The molecule has 0 saturated carbocycles. The maximum Gasteiger partial charge on any atom is 0.255 e. The Bertz CT molecular complexity index is 1030. The minimum absolute atomic E-state index is 0.0606. The number of amides is 2. The molecular formula is C21H17N3O3. The van der Waals surface area contributed by atoms with Crippen LogP contribution in [0.15, 0.2) is 60.9 Å². The minimum atomic E-state index is -0.256. The Labute approximate surface area is 156 Å². The molecule has 4 rings (SSSR count). The number of terminal acetylenes is 1. The van der Waals surface area contributed by atoms with Crippen molar-refractivity contribution in [2.45, 2.75) is 12.8 Å². The standard InChI is InChI=1S/C12H9NO.C9H8N2O2/c1-2-3-9-4-5-12(14)11-8-13-7-6-10(9)11;12-8-6-9(13)11(10-8)7-4-2-1-3-5-7/h1,4-8,14H,3H2;1-5H,6H2,(H,10,12). The highest BCUT2D eigenvalue weighted by Gasteiger charge is 2.27. The fraction of sp³-hybridized carbons (Fsp3) is 0.0952. The van der Waals surface area contributed by atoms with Gasteiger partial charge >= 0.3 is 0 Å². The molecule has 1 aromatic heterocycles. The molecule has 1 aliphatic rings. The van der Waals surface area contributed by atoms with E-state index >= 15 is 0 Å². The summed E-state index contributed by atoms with van der Waals surface area (Å²) in [6, 6.07) is 14.4. The summed E-state index contributed by atoms with van der Waals surface area (Å²) in [6.07, 6.45) is 9.11. The molecule has 0 bridgehead atoms. The Morgan fingerprint density at radius 2 is 1.89 bits per heavy atom. The molecule has 27 heavy (non-hydrogen) atoms. The molecule has 1 aliphatic heterocycles. The van der Waals surface area contributed by atoms with Crippen molar-refractivity contribution in [1.29, 1.82) is 0 Å². The second-order valence-electron chi connectivity index (χ2n) is 5.82. The van der Waals surface area contributed by atoms with Crippen molar-refractivity contribution < 1.29 is 14.7 Å². The summed E-state index contributed by atoms with van der Waals surface area (Å²) in [5, 5.41) is 12.6. The lowest BCUT2D eigenvalue weighted by molar-refractivity contribution is -0.122. The summed E-state index contributed by atoms with van der Waals surface area (Å²) < 4.78 is 0. The van der Waals surface area contributed by atoms with E-state index in [1.54, 1.807) is 30.6 Å². The maximum absolute atomic E-state index is 11.2. The van der Waals surface area contributed by atoms with Gasteiger partial charge in [0, 0.05) is 24.2 Å². The normalized spacial score (nSPS) is 12.9. The average Bonchev–Trinajstić information content (AvgIpc) is 3.04. The highest BCUT2D eigenvalue weighted by atomic mass is 16.3. The van der Waals surface area contributed by atoms with Crippen LogP contribution in [0.25, 0.3) is 10.8 Å². The lowest BCUT2D eigenvalue weighted by atomic mass is 10.0. The van der Waals surface area contributed by atoms with Crippen LogP contribution >= 0.6 is 0 Å². The number of rotatable bonds is 2. The first-order valence-electron chi connectivity index (χ1n) is 8.25. The third-order valence-corrected chi connectivity index (χ3v) is 3.99. The molecular weight excluding hydrogens is 342 g/mol. The van der Waals surface area contributed by atoms with Gasteiger partial charge in [0.15, 0.2) is 0 Å². The van der Waals surface area contributed by atoms with Gasteiger partial charge in [-0.3, -0.25) is 20.0 Å². The Morgan fingerprint density at radius 1 is 1.11 bits per heavy atom. The van der Waals surface area contributed by atoms with Gasteiger partial charge in [-0.15, -0.1) is 12.3 Å². The molecule has 2 aromatic carbocycles. The fourth-order valence-corrected chi connectivity index (χ4v) is 2.73. The number of aromatic nitrogens is 1. The lowest BCUT2D eigenvalue weighted by Gasteiger charge is -2.14. The van der Waals surface area contributed by atoms with Crippen LogP contribution in [0.3, 0.4) is 0 Å². The molecule has 0 aliphatic carbocycles. The van der Waals surface area contributed by atoms with Crippen molar-refractivity contribution in [3.05, 3.63) is 66.5 Å². The van der Waals surface area contributed by atoms with Crippen LogP contribution in [-0.2, 0) is 16.0 Å². The molecule has 2 N–H and O–H groups in total. The number of nitrogens with one attached hydrogen (secondary N) is 1. The highest BCUT2D eigenvalue weighted by molar-refractivity contribution is 6.11. The highest BCUT2D eigenvalue weighted by Crippen LogP contribution is 2.26. The molecule has 1 saturated heterocycles. The molecule has 134 valence electrons. The number of para-hydroxylation sites is 1. The minimum Gasteiger partial charge on any atom is -0.507 e. The van der Waals surface area contributed by atoms with Crippen LogP contribution in [0.2, 0.25) is 0 Å². The Kier molecular flexibility index (Phi) is 5.33. The van der Waals surface area contributed by atoms with Crippen LogP contribution in [0.5, 0.6) is 5.75 Å². The smallest absolute Gasteiger partial charge is 0.255 e. The van der Waals surface area contributed by atoms with Crippen LogP contribution in [-0.4, -0.2) is 21.9 Å². The van der Waals surface area contributed by atoms with Gasteiger partial charge in [0.2, 0.25) is 5.91 Å². The molecule has 6 nitrogen and oxygen atoms in total. The number of benzene rings is 2. The second-order valence-corrected chi connectivity index (χ2v) is 5.82. The first kappa shape index (κ1) is 18.0. The summed E-state index contributed by atoms with van der Waals surface area (Å²) in [5.41, 5.74) is 4.20. The van der Waals surface area contributed by atoms with E-state index in [1.165, 1.54) is 5.01 Å². The van der Waals surface area contributed by atoms with Crippen LogP contribution in [0, 0.1) is 12.3 Å². The van der Waals surface area contributed by atoms with Crippen molar-refractivity contribution in [1.82, 2.24) is 10.4 Å². The molecule has 1 fully saturated rings. The number of pyridine rings is 1.